The molecular formula is C20H29IN6S. The number of guanidine groups is 1. The molecule has 6 nitrogen and oxygen atoms in total. The molecule has 0 radical (unpaired) electrons. The van der Waals surface area contributed by atoms with Crippen LogP contribution in [0.15, 0.2) is 42.0 Å². The van der Waals surface area contributed by atoms with Gasteiger partial charge in [0.25, 0.3) is 0 Å². The predicted octanol–water partition coefficient (Wildman–Crippen LogP) is 3.71. The number of thioether (sulfide) groups is 1. The summed E-state index contributed by atoms with van der Waals surface area (Å²) in [6.45, 7) is 2.93. The van der Waals surface area contributed by atoms with E-state index in [0.29, 0.717) is 4.75 Å². The number of nitrogens with one attached hydrogen (secondary N) is 1. The zero-order valence-electron chi connectivity index (χ0n) is 16.4. The van der Waals surface area contributed by atoms with Gasteiger partial charge >= 0.3 is 0 Å². The third-order valence-electron chi connectivity index (χ3n) is 5.55. The number of aliphatic imine (C=N–C) groups is 1. The Balaban J connectivity index is 0.00000225. The van der Waals surface area contributed by atoms with E-state index < -0.39 is 0 Å². The molecule has 28 heavy (non-hydrogen) atoms. The van der Waals surface area contributed by atoms with Crippen molar-refractivity contribution in [2.24, 2.45) is 4.99 Å². The summed E-state index contributed by atoms with van der Waals surface area (Å²) in [7, 11) is 1.89. The predicted molar refractivity (Wildman–Crippen MR) is 127 cm³/mol. The van der Waals surface area contributed by atoms with Crippen molar-refractivity contribution in [2.45, 2.75) is 43.4 Å². The number of imidazole rings is 1. The van der Waals surface area contributed by atoms with Gasteiger partial charge in [0.05, 0.1) is 0 Å². The van der Waals surface area contributed by atoms with Crippen LogP contribution in [0.5, 0.6) is 0 Å². The molecule has 152 valence electrons. The van der Waals surface area contributed by atoms with Gasteiger partial charge in [-0.25, -0.2) is 9.97 Å². The lowest BCUT2D eigenvalue weighted by atomic mass is 9.87. The SMILES string of the molecule is CN=C(NCc1ccc(-n2ccnc2)nc1)N1CCSC2(CCCCC2)C1.I. The van der Waals surface area contributed by atoms with Gasteiger partial charge in [-0.15, -0.1) is 24.0 Å². The summed E-state index contributed by atoms with van der Waals surface area (Å²) in [5.74, 6) is 3.09. The van der Waals surface area contributed by atoms with Crippen molar-refractivity contribution in [1.29, 1.82) is 0 Å². The van der Waals surface area contributed by atoms with Gasteiger partial charge in [0.15, 0.2) is 5.96 Å². The average Bonchev–Trinajstić information content (AvgIpc) is 3.25. The molecule has 1 N–H and O–H groups in total. The summed E-state index contributed by atoms with van der Waals surface area (Å²) in [5.41, 5.74) is 1.15. The summed E-state index contributed by atoms with van der Waals surface area (Å²) in [6, 6.07) is 4.13. The maximum atomic E-state index is 4.55. The van der Waals surface area contributed by atoms with E-state index in [1.54, 1.807) is 12.5 Å². The molecule has 3 heterocycles. The van der Waals surface area contributed by atoms with Crippen LogP contribution in [0.3, 0.4) is 0 Å². The van der Waals surface area contributed by atoms with Crippen LogP contribution in [0, 0.1) is 0 Å². The minimum atomic E-state index is 0. The molecule has 0 unspecified atom stereocenters. The summed E-state index contributed by atoms with van der Waals surface area (Å²) >= 11 is 2.19. The third-order valence-corrected chi connectivity index (χ3v) is 7.09. The van der Waals surface area contributed by atoms with E-state index in [4.69, 9.17) is 0 Å². The number of halogens is 1. The van der Waals surface area contributed by atoms with Crippen molar-refractivity contribution >= 4 is 41.7 Å². The molecule has 1 aliphatic heterocycles. The van der Waals surface area contributed by atoms with Crippen molar-refractivity contribution in [3.8, 4) is 5.82 Å². The molecule has 1 spiro atoms. The van der Waals surface area contributed by atoms with Crippen LogP contribution in [0.1, 0.15) is 37.7 Å². The van der Waals surface area contributed by atoms with Crippen LogP contribution in [0.2, 0.25) is 0 Å². The molecule has 0 atom stereocenters. The quantitative estimate of drug-likeness (QED) is 0.386. The Morgan fingerprint density at radius 1 is 1.29 bits per heavy atom. The fraction of sp³-hybridized carbons (Fsp3) is 0.550. The molecule has 2 aliphatic rings. The first-order valence-corrected chi connectivity index (χ1v) is 10.8. The van der Waals surface area contributed by atoms with E-state index in [-0.39, 0.29) is 24.0 Å². The molecule has 1 saturated heterocycles. The first kappa shape index (κ1) is 21.4. The number of hydrogen-bond acceptors (Lipinski definition) is 4. The number of rotatable bonds is 3. The standard InChI is InChI=1S/C20H28N6S.HI/c1-21-19(25-11-12-27-20(15-25)7-3-2-4-8-20)24-14-17-5-6-18(23-13-17)26-10-9-22-16-26;/h5-6,9-10,13,16H,2-4,7-8,11-12,14-15H2,1H3,(H,21,24);1H. The van der Waals surface area contributed by atoms with Gasteiger partial charge in [-0.3, -0.25) is 9.56 Å². The Labute approximate surface area is 188 Å². The van der Waals surface area contributed by atoms with E-state index >= 15 is 0 Å². The summed E-state index contributed by atoms with van der Waals surface area (Å²) in [4.78, 5) is 15.6. The lowest BCUT2D eigenvalue weighted by Crippen LogP contribution is -2.53. The molecule has 0 aromatic carbocycles. The fourth-order valence-corrected chi connectivity index (χ4v) is 5.68. The minimum absolute atomic E-state index is 0. The molecule has 2 fully saturated rings. The Morgan fingerprint density at radius 3 is 2.82 bits per heavy atom. The second-order valence-electron chi connectivity index (χ2n) is 7.41. The third kappa shape index (κ3) is 5.00. The topological polar surface area (TPSA) is 58.3 Å². The van der Waals surface area contributed by atoms with Crippen LogP contribution in [-0.2, 0) is 6.54 Å². The van der Waals surface area contributed by atoms with Crippen LogP contribution < -0.4 is 5.32 Å². The molecule has 0 bridgehead atoms. The molecule has 1 aliphatic carbocycles. The fourth-order valence-electron chi connectivity index (χ4n) is 4.11. The van der Waals surface area contributed by atoms with Crippen molar-refractivity contribution in [1.82, 2.24) is 24.8 Å². The van der Waals surface area contributed by atoms with Crippen LogP contribution >= 0.6 is 35.7 Å². The zero-order valence-corrected chi connectivity index (χ0v) is 19.5. The first-order valence-electron chi connectivity index (χ1n) is 9.81. The smallest absolute Gasteiger partial charge is 0.193 e. The van der Waals surface area contributed by atoms with Gasteiger partial charge in [-0.1, -0.05) is 25.3 Å². The Bertz CT molecular complexity index is 750. The number of aromatic nitrogens is 3. The Morgan fingerprint density at radius 2 is 2.14 bits per heavy atom. The van der Waals surface area contributed by atoms with Crippen molar-refractivity contribution in [3.05, 3.63) is 42.6 Å². The average molecular weight is 512 g/mol. The highest BCUT2D eigenvalue weighted by Crippen LogP contribution is 2.42. The van der Waals surface area contributed by atoms with Gasteiger partial charge in [-0.2, -0.15) is 11.8 Å². The van der Waals surface area contributed by atoms with E-state index in [0.717, 1.165) is 37.0 Å². The highest BCUT2D eigenvalue weighted by molar-refractivity contribution is 14.0. The second kappa shape index (κ2) is 9.96. The second-order valence-corrected chi connectivity index (χ2v) is 8.97. The maximum Gasteiger partial charge on any atom is 0.193 e. The summed E-state index contributed by atoms with van der Waals surface area (Å²) < 4.78 is 2.35. The van der Waals surface area contributed by atoms with Crippen molar-refractivity contribution in [2.75, 3.05) is 25.9 Å². The normalized spacial score (nSPS) is 19.3. The highest BCUT2D eigenvalue weighted by Gasteiger charge is 2.38. The van der Waals surface area contributed by atoms with Gasteiger partial charge in [0.1, 0.15) is 12.1 Å². The van der Waals surface area contributed by atoms with Crippen LogP contribution in [0.25, 0.3) is 5.82 Å². The number of hydrogen-bond donors (Lipinski definition) is 1. The van der Waals surface area contributed by atoms with E-state index in [1.807, 2.05) is 30.1 Å². The molecular weight excluding hydrogens is 483 g/mol. The van der Waals surface area contributed by atoms with Crippen molar-refractivity contribution < 1.29 is 0 Å². The van der Waals surface area contributed by atoms with Gasteiger partial charge < -0.3 is 10.2 Å². The van der Waals surface area contributed by atoms with Crippen LogP contribution in [-0.4, -0.2) is 56.0 Å². The zero-order chi connectivity index (χ0) is 18.5. The maximum absolute atomic E-state index is 4.55. The molecule has 4 rings (SSSR count). The first-order chi connectivity index (χ1) is 13.3. The van der Waals surface area contributed by atoms with Crippen molar-refractivity contribution in [3.63, 3.8) is 0 Å². The number of nitrogens with zero attached hydrogens (tertiary/aromatic N) is 5. The van der Waals surface area contributed by atoms with E-state index in [1.165, 1.54) is 37.9 Å². The van der Waals surface area contributed by atoms with E-state index in [2.05, 4.69) is 43.0 Å². The van der Waals surface area contributed by atoms with Gasteiger partial charge in [-0.05, 0) is 24.5 Å². The monoisotopic (exact) mass is 512 g/mol. The molecule has 0 amide bonds. The Hall–Kier alpha value is -1.29. The van der Waals surface area contributed by atoms with Gasteiger partial charge in [0, 0.05) is 55.8 Å². The largest absolute Gasteiger partial charge is 0.352 e. The molecule has 1 saturated carbocycles. The Kier molecular flexibility index (Phi) is 7.62. The number of pyridine rings is 1. The molecule has 2 aromatic rings. The van der Waals surface area contributed by atoms with Gasteiger partial charge in [0.2, 0.25) is 0 Å². The lowest BCUT2D eigenvalue weighted by molar-refractivity contribution is 0.293. The van der Waals surface area contributed by atoms with Crippen LogP contribution in [0.4, 0.5) is 0 Å². The molecule has 8 heteroatoms. The lowest BCUT2D eigenvalue weighted by Gasteiger charge is -2.45. The summed E-state index contributed by atoms with van der Waals surface area (Å²) in [6.07, 6.45) is 14.2. The highest BCUT2D eigenvalue weighted by atomic mass is 127. The van der Waals surface area contributed by atoms with E-state index in [9.17, 15) is 0 Å². The minimum Gasteiger partial charge on any atom is -0.352 e. The molecule has 2 aromatic heterocycles. The summed E-state index contributed by atoms with van der Waals surface area (Å²) in [5, 5.41) is 3.54.